The van der Waals surface area contributed by atoms with Crippen LogP contribution in [0.2, 0.25) is 0 Å². The molecule has 172 valence electrons. The zero-order valence-corrected chi connectivity index (χ0v) is 19.1. The first-order valence-corrected chi connectivity index (χ1v) is 10.7. The largest absolute Gasteiger partial charge is 0.497 e. The predicted octanol–water partition coefficient (Wildman–Crippen LogP) is 1.55. The number of aryl methyl sites for hydroxylation is 1. The highest BCUT2D eigenvalue weighted by Gasteiger charge is 2.36. The number of hydrogen-bond donors (Lipinski definition) is 2. The zero-order chi connectivity index (χ0) is 22.4. The molecule has 12 heteroatoms. The molecule has 1 unspecified atom stereocenters. The van der Waals surface area contributed by atoms with Crippen LogP contribution in [0.3, 0.4) is 0 Å². The minimum atomic E-state index is -4.15. The number of benzene rings is 1. The average molecular weight is 482 g/mol. The summed E-state index contributed by atoms with van der Waals surface area (Å²) in [6.45, 7) is -0.132. The average Bonchev–Trinajstić information content (AvgIpc) is 3.21. The maximum atomic E-state index is 13.6. The van der Waals surface area contributed by atoms with Gasteiger partial charge in [0.1, 0.15) is 11.8 Å². The molecular weight excluding hydrogens is 458 g/mol. The Morgan fingerprint density at radius 3 is 2.53 bits per heavy atom. The number of nitrogens with one attached hydrogen (secondary N) is 1. The smallest absolute Gasteiger partial charge is 0.262 e. The highest BCUT2D eigenvalue weighted by molar-refractivity contribution is 7.89. The number of methoxy groups -OCH3 is 1. The van der Waals surface area contributed by atoms with E-state index in [0.29, 0.717) is 17.0 Å². The molecule has 1 amide bonds. The van der Waals surface area contributed by atoms with E-state index in [1.54, 1.807) is 47.9 Å². The molecule has 3 rings (SSSR count). The Balaban J connectivity index is 0.00000363. The number of ether oxygens (including phenoxy) is 1. The van der Waals surface area contributed by atoms with Crippen molar-refractivity contribution in [2.24, 2.45) is 7.05 Å². The molecule has 10 nitrogen and oxygen atoms in total. The molecule has 32 heavy (non-hydrogen) atoms. The van der Waals surface area contributed by atoms with Crippen LogP contribution < -0.4 is 10.2 Å². The number of imidazole rings is 1. The number of pyridine rings is 1. The molecule has 0 saturated carbocycles. The fraction of sp³-hybridized carbons (Fsp3) is 0.250. The van der Waals surface area contributed by atoms with Crippen LogP contribution in [0.4, 0.5) is 0 Å². The summed E-state index contributed by atoms with van der Waals surface area (Å²) in [5.74, 6) is -0.373. The van der Waals surface area contributed by atoms with E-state index < -0.39 is 22.0 Å². The third-order valence-corrected chi connectivity index (χ3v) is 6.52. The topological polar surface area (TPSA) is 127 Å². The lowest BCUT2D eigenvalue weighted by molar-refractivity contribution is -0.133. The first kappa shape index (κ1) is 25.3. The zero-order valence-electron chi connectivity index (χ0n) is 17.5. The number of carbonyl (C=O) groups excluding carboxylic acids is 1. The van der Waals surface area contributed by atoms with Gasteiger partial charge in [-0.25, -0.2) is 18.9 Å². The van der Waals surface area contributed by atoms with Gasteiger partial charge in [0.25, 0.3) is 5.91 Å². The minimum absolute atomic E-state index is 0. The van der Waals surface area contributed by atoms with E-state index in [-0.39, 0.29) is 30.3 Å². The van der Waals surface area contributed by atoms with Crippen LogP contribution in [-0.4, -0.2) is 51.5 Å². The third-order valence-electron chi connectivity index (χ3n) is 4.65. The summed E-state index contributed by atoms with van der Waals surface area (Å²) >= 11 is 0. The second-order valence-corrected chi connectivity index (χ2v) is 8.70. The fourth-order valence-corrected chi connectivity index (χ4v) is 4.66. The van der Waals surface area contributed by atoms with E-state index >= 15 is 0 Å². The van der Waals surface area contributed by atoms with Crippen LogP contribution >= 0.6 is 12.4 Å². The number of rotatable bonds is 9. The van der Waals surface area contributed by atoms with Crippen LogP contribution in [0.1, 0.15) is 11.3 Å². The lowest BCUT2D eigenvalue weighted by Gasteiger charge is -2.29. The van der Waals surface area contributed by atoms with Crippen LogP contribution in [-0.2, 0) is 34.8 Å². The number of halogens is 1. The number of amides is 1. The van der Waals surface area contributed by atoms with Gasteiger partial charge in [-0.3, -0.25) is 15.0 Å². The van der Waals surface area contributed by atoms with E-state index in [0.717, 1.165) is 4.31 Å². The van der Waals surface area contributed by atoms with E-state index in [9.17, 15) is 18.4 Å². The van der Waals surface area contributed by atoms with Gasteiger partial charge in [0.05, 0.1) is 24.0 Å². The van der Waals surface area contributed by atoms with Crippen molar-refractivity contribution in [2.75, 3.05) is 7.11 Å². The number of nitrogens with zero attached hydrogens (tertiary/aromatic N) is 4. The number of aromatic nitrogens is 3. The molecule has 3 aromatic rings. The molecule has 0 aliphatic rings. The minimum Gasteiger partial charge on any atom is -0.497 e. The van der Waals surface area contributed by atoms with Gasteiger partial charge in [0, 0.05) is 38.6 Å². The Kier molecular flexibility index (Phi) is 8.72. The number of hydrogen-bond acceptors (Lipinski definition) is 7. The highest BCUT2D eigenvalue weighted by Crippen LogP contribution is 2.25. The van der Waals surface area contributed by atoms with Gasteiger partial charge in [-0.2, -0.15) is 4.31 Å². The second-order valence-electron chi connectivity index (χ2n) is 6.81. The third kappa shape index (κ3) is 5.82. The lowest BCUT2D eigenvalue weighted by Crippen LogP contribution is -2.49. The van der Waals surface area contributed by atoms with Crippen molar-refractivity contribution in [3.05, 3.63) is 72.6 Å². The molecule has 0 bridgehead atoms. The molecule has 0 aliphatic heterocycles. The highest BCUT2D eigenvalue weighted by atomic mass is 35.5. The van der Waals surface area contributed by atoms with E-state index in [2.05, 4.69) is 9.97 Å². The van der Waals surface area contributed by atoms with Crippen molar-refractivity contribution >= 4 is 28.3 Å². The van der Waals surface area contributed by atoms with E-state index in [1.807, 2.05) is 0 Å². The summed E-state index contributed by atoms with van der Waals surface area (Å²) in [4.78, 5) is 20.8. The maximum absolute atomic E-state index is 13.6. The molecule has 2 heterocycles. The summed E-state index contributed by atoms with van der Waals surface area (Å²) in [5.41, 5.74) is 2.66. The molecule has 1 atom stereocenters. The first-order valence-electron chi connectivity index (χ1n) is 9.30. The van der Waals surface area contributed by atoms with E-state index in [1.165, 1.54) is 37.6 Å². The Morgan fingerprint density at radius 1 is 1.28 bits per heavy atom. The molecule has 0 fully saturated rings. The number of sulfonamides is 1. The monoisotopic (exact) mass is 481 g/mol. The Hall–Kier alpha value is -2.99. The fourth-order valence-electron chi connectivity index (χ4n) is 3.09. The van der Waals surface area contributed by atoms with Crippen molar-refractivity contribution in [3.8, 4) is 5.75 Å². The maximum Gasteiger partial charge on any atom is 0.262 e. The molecule has 0 radical (unpaired) electrons. The van der Waals surface area contributed by atoms with Crippen molar-refractivity contribution in [1.82, 2.24) is 24.3 Å². The van der Waals surface area contributed by atoms with Crippen LogP contribution in [0, 0.1) is 0 Å². The molecule has 0 spiro atoms. The van der Waals surface area contributed by atoms with Gasteiger partial charge in [-0.05, 0) is 35.9 Å². The predicted molar refractivity (Wildman–Crippen MR) is 118 cm³/mol. The van der Waals surface area contributed by atoms with E-state index in [4.69, 9.17) is 4.74 Å². The summed E-state index contributed by atoms with van der Waals surface area (Å²) in [7, 11) is -0.907. The summed E-state index contributed by atoms with van der Waals surface area (Å²) in [6, 6.07) is 7.97. The van der Waals surface area contributed by atoms with Crippen molar-refractivity contribution in [1.29, 1.82) is 0 Å². The van der Waals surface area contributed by atoms with Gasteiger partial charge >= 0.3 is 0 Å². The van der Waals surface area contributed by atoms with Gasteiger partial charge in [-0.1, -0.05) is 6.07 Å². The van der Waals surface area contributed by atoms with Crippen molar-refractivity contribution < 1.29 is 23.2 Å². The molecule has 1 aromatic carbocycles. The lowest BCUT2D eigenvalue weighted by atomic mass is 10.1. The van der Waals surface area contributed by atoms with Crippen molar-refractivity contribution in [3.63, 3.8) is 0 Å². The molecular formula is C20H24ClN5O5S. The molecule has 2 aromatic heterocycles. The standard InChI is InChI=1S/C20H23N5O5S.ClH/c1-24-13-16(22-14-24)10-19(20(26)23-27)25(12-15-4-3-9-21-11-15)31(28,29)18-7-5-17(30-2)6-8-18;/h3-9,11,13-14,19,27H,10,12H2,1-2H3,(H,23,26);1H. The van der Waals surface area contributed by atoms with Crippen LogP contribution in [0.25, 0.3) is 0 Å². The molecule has 0 saturated heterocycles. The number of hydroxylamine groups is 1. The Morgan fingerprint density at radius 2 is 2.00 bits per heavy atom. The summed E-state index contributed by atoms with van der Waals surface area (Å²) in [6.07, 6.45) is 6.28. The van der Waals surface area contributed by atoms with Gasteiger partial charge < -0.3 is 9.30 Å². The Bertz CT molecular complexity index is 1120. The number of carbonyl (C=O) groups is 1. The van der Waals surface area contributed by atoms with Crippen LogP contribution in [0.5, 0.6) is 5.75 Å². The Labute approximate surface area is 192 Å². The molecule has 0 aliphatic carbocycles. The SMILES string of the molecule is COc1ccc(S(=O)(=O)N(Cc2cccnc2)C(Cc2cn(C)cn2)C(=O)NO)cc1.Cl. The summed E-state index contributed by atoms with van der Waals surface area (Å²) < 4.78 is 35.0. The first-order chi connectivity index (χ1) is 14.8. The normalized spacial score (nSPS) is 12.1. The van der Waals surface area contributed by atoms with Crippen LogP contribution in [0.15, 0.2) is 66.2 Å². The summed E-state index contributed by atoms with van der Waals surface area (Å²) in [5, 5.41) is 9.33. The van der Waals surface area contributed by atoms with Gasteiger partial charge in [-0.15, -0.1) is 12.4 Å². The van der Waals surface area contributed by atoms with Gasteiger partial charge in [0.15, 0.2) is 0 Å². The molecule has 2 N–H and O–H groups in total. The quantitative estimate of drug-likeness (QED) is 0.350. The van der Waals surface area contributed by atoms with Crippen molar-refractivity contribution in [2.45, 2.75) is 23.9 Å². The second kappa shape index (κ2) is 11.0. The van der Waals surface area contributed by atoms with Gasteiger partial charge in [0.2, 0.25) is 10.0 Å².